The molecular weight excluding hydrogens is 166 g/mol. The van der Waals surface area contributed by atoms with Crippen molar-refractivity contribution < 1.29 is 0 Å². The van der Waals surface area contributed by atoms with Crippen LogP contribution in [0, 0.1) is 13.8 Å². The minimum absolute atomic E-state index is 0.932. The summed E-state index contributed by atoms with van der Waals surface area (Å²) in [5.41, 5.74) is 10.7. The number of hydrogen-bond donors (Lipinski definition) is 1. The summed E-state index contributed by atoms with van der Waals surface area (Å²) in [4.78, 5) is 0. The fourth-order valence-corrected chi connectivity index (χ4v) is 2.05. The van der Waals surface area contributed by atoms with Gasteiger partial charge in [-0.2, -0.15) is 11.8 Å². The van der Waals surface area contributed by atoms with Crippen LogP contribution in [0.1, 0.15) is 16.7 Å². The van der Waals surface area contributed by atoms with E-state index in [-0.39, 0.29) is 0 Å². The van der Waals surface area contributed by atoms with Crippen LogP contribution in [-0.4, -0.2) is 6.26 Å². The molecule has 1 aromatic carbocycles. The summed E-state index contributed by atoms with van der Waals surface area (Å²) in [6.07, 6.45) is 2.10. The SMILES string of the molecule is CSCc1c(C)cc(C)cc1N. The topological polar surface area (TPSA) is 26.0 Å². The Morgan fingerprint density at radius 3 is 2.50 bits per heavy atom. The molecule has 0 bridgehead atoms. The van der Waals surface area contributed by atoms with E-state index in [0.717, 1.165) is 11.4 Å². The highest BCUT2D eigenvalue weighted by Gasteiger charge is 2.02. The Balaban J connectivity index is 3.10. The van der Waals surface area contributed by atoms with Gasteiger partial charge in [-0.25, -0.2) is 0 Å². The Morgan fingerprint density at radius 1 is 1.33 bits per heavy atom. The number of aryl methyl sites for hydroxylation is 2. The third-order valence-corrected chi connectivity index (χ3v) is 2.52. The number of anilines is 1. The molecule has 12 heavy (non-hydrogen) atoms. The van der Waals surface area contributed by atoms with Crippen LogP contribution < -0.4 is 5.73 Å². The molecule has 0 heterocycles. The summed E-state index contributed by atoms with van der Waals surface area (Å²) < 4.78 is 0. The summed E-state index contributed by atoms with van der Waals surface area (Å²) in [6, 6.07) is 4.22. The zero-order valence-electron chi connectivity index (χ0n) is 7.85. The molecule has 0 amide bonds. The van der Waals surface area contributed by atoms with Gasteiger partial charge in [0.1, 0.15) is 0 Å². The molecule has 0 saturated heterocycles. The maximum absolute atomic E-state index is 5.89. The third-order valence-electron chi connectivity index (χ3n) is 1.94. The van der Waals surface area contributed by atoms with Crippen LogP contribution >= 0.6 is 11.8 Å². The minimum atomic E-state index is 0.932. The van der Waals surface area contributed by atoms with Gasteiger partial charge in [-0.15, -0.1) is 0 Å². The zero-order valence-corrected chi connectivity index (χ0v) is 8.66. The van der Waals surface area contributed by atoms with E-state index in [2.05, 4.69) is 26.2 Å². The van der Waals surface area contributed by atoms with Gasteiger partial charge in [0.2, 0.25) is 0 Å². The summed E-state index contributed by atoms with van der Waals surface area (Å²) in [7, 11) is 0. The second-order valence-corrected chi connectivity index (χ2v) is 3.95. The maximum atomic E-state index is 5.89. The highest BCUT2D eigenvalue weighted by molar-refractivity contribution is 7.97. The van der Waals surface area contributed by atoms with Crippen molar-refractivity contribution in [3.05, 3.63) is 28.8 Å². The second-order valence-electron chi connectivity index (χ2n) is 3.08. The standard InChI is InChI=1S/C10H15NS/c1-7-4-8(2)9(6-12-3)10(11)5-7/h4-5H,6,11H2,1-3H3. The fraction of sp³-hybridized carbons (Fsp3) is 0.400. The lowest BCUT2D eigenvalue weighted by atomic mass is 10.1. The summed E-state index contributed by atoms with van der Waals surface area (Å²) in [6.45, 7) is 4.20. The quantitative estimate of drug-likeness (QED) is 0.710. The lowest BCUT2D eigenvalue weighted by Crippen LogP contribution is -1.96. The van der Waals surface area contributed by atoms with Crippen LogP contribution in [0.3, 0.4) is 0 Å². The summed E-state index contributed by atoms with van der Waals surface area (Å²) in [5, 5.41) is 0. The molecule has 0 unspecified atom stereocenters. The van der Waals surface area contributed by atoms with Crippen LogP contribution in [0.15, 0.2) is 12.1 Å². The first-order chi connectivity index (χ1) is 5.65. The van der Waals surface area contributed by atoms with Gasteiger partial charge in [-0.3, -0.25) is 0 Å². The van der Waals surface area contributed by atoms with Crippen LogP contribution in [-0.2, 0) is 5.75 Å². The zero-order chi connectivity index (χ0) is 9.14. The van der Waals surface area contributed by atoms with Gasteiger partial charge in [-0.05, 0) is 42.9 Å². The Morgan fingerprint density at radius 2 is 2.00 bits per heavy atom. The van der Waals surface area contributed by atoms with Crippen molar-refractivity contribution in [1.29, 1.82) is 0 Å². The molecule has 0 atom stereocenters. The van der Waals surface area contributed by atoms with Gasteiger partial charge in [0.05, 0.1) is 0 Å². The van der Waals surface area contributed by atoms with E-state index in [1.807, 2.05) is 17.8 Å². The first-order valence-electron chi connectivity index (χ1n) is 3.99. The molecule has 0 aromatic heterocycles. The van der Waals surface area contributed by atoms with Crippen LogP contribution in [0.5, 0.6) is 0 Å². The number of nitrogen functional groups attached to an aromatic ring is 1. The molecule has 0 aliphatic carbocycles. The van der Waals surface area contributed by atoms with Crippen molar-refractivity contribution in [3.63, 3.8) is 0 Å². The van der Waals surface area contributed by atoms with Gasteiger partial charge >= 0.3 is 0 Å². The van der Waals surface area contributed by atoms with Crippen LogP contribution in [0.4, 0.5) is 5.69 Å². The molecular formula is C10H15NS. The monoisotopic (exact) mass is 181 g/mol. The lowest BCUT2D eigenvalue weighted by molar-refractivity contribution is 1.28. The van der Waals surface area contributed by atoms with Gasteiger partial charge in [-0.1, -0.05) is 6.07 Å². The smallest absolute Gasteiger partial charge is 0.0360 e. The van der Waals surface area contributed by atoms with E-state index in [4.69, 9.17) is 5.73 Å². The van der Waals surface area contributed by atoms with Crippen LogP contribution in [0.2, 0.25) is 0 Å². The Kier molecular flexibility index (Phi) is 3.04. The summed E-state index contributed by atoms with van der Waals surface area (Å²) >= 11 is 1.81. The van der Waals surface area contributed by atoms with Gasteiger partial charge < -0.3 is 5.73 Å². The molecule has 1 aromatic rings. The van der Waals surface area contributed by atoms with Gasteiger partial charge in [0.25, 0.3) is 0 Å². The van der Waals surface area contributed by atoms with E-state index in [0.29, 0.717) is 0 Å². The normalized spacial score (nSPS) is 10.2. The van der Waals surface area contributed by atoms with Gasteiger partial charge in [0, 0.05) is 11.4 Å². The van der Waals surface area contributed by atoms with Crippen molar-refractivity contribution in [2.75, 3.05) is 12.0 Å². The largest absolute Gasteiger partial charge is 0.398 e. The molecule has 66 valence electrons. The molecule has 0 aliphatic rings. The van der Waals surface area contributed by atoms with E-state index in [1.165, 1.54) is 16.7 Å². The Labute approximate surface area is 78.4 Å². The van der Waals surface area contributed by atoms with E-state index in [1.54, 1.807) is 0 Å². The predicted molar refractivity (Wildman–Crippen MR) is 57.5 cm³/mol. The molecule has 0 aliphatic heterocycles. The van der Waals surface area contributed by atoms with Crippen LogP contribution in [0.25, 0.3) is 0 Å². The Bertz CT molecular complexity index is 258. The number of rotatable bonds is 2. The van der Waals surface area contributed by atoms with Crippen molar-refractivity contribution >= 4 is 17.4 Å². The molecule has 0 spiro atoms. The molecule has 1 rings (SSSR count). The first-order valence-corrected chi connectivity index (χ1v) is 5.39. The number of hydrogen-bond acceptors (Lipinski definition) is 2. The lowest BCUT2D eigenvalue weighted by Gasteiger charge is -2.08. The number of thioether (sulfide) groups is 1. The first kappa shape index (κ1) is 9.46. The number of nitrogens with two attached hydrogens (primary N) is 1. The highest BCUT2D eigenvalue weighted by Crippen LogP contribution is 2.22. The van der Waals surface area contributed by atoms with Crippen molar-refractivity contribution in [1.82, 2.24) is 0 Å². The van der Waals surface area contributed by atoms with E-state index >= 15 is 0 Å². The summed E-state index contributed by atoms with van der Waals surface area (Å²) in [5.74, 6) is 1.01. The van der Waals surface area contributed by atoms with E-state index in [9.17, 15) is 0 Å². The molecule has 2 heteroatoms. The average molecular weight is 181 g/mol. The number of benzene rings is 1. The highest BCUT2D eigenvalue weighted by atomic mass is 32.2. The van der Waals surface area contributed by atoms with Crippen molar-refractivity contribution in [3.8, 4) is 0 Å². The van der Waals surface area contributed by atoms with E-state index < -0.39 is 0 Å². The molecule has 0 saturated carbocycles. The maximum Gasteiger partial charge on any atom is 0.0360 e. The average Bonchev–Trinajstić information content (AvgIpc) is 1.96. The van der Waals surface area contributed by atoms with Crippen molar-refractivity contribution in [2.45, 2.75) is 19.6 Å². The second kappa shape index (κ2) is 3.85. The molecule has 0 radical (unpaired) electrons. The molecule has 1 nitrogen and oxygen atoms in total. The van der Waals surface area contributed by atoms with Gasteiger partial charge in [0.15, 0.2) is 0 Å². The van der Waals surface area contributed by atoms with Crippen molar-refractivity contribution in [2.24, 2.45) is 0 Å². The minimum Gasteiger partial charge on any atom is -0.398 e. The third kappa shape index (κ3) is 1.95. The molecule has 2 N–H and O–H groups in total. The Hall–Kier alpha value is -0.630. The fourth-order valence-electron chi connectivity index (χ4n) is 1.37. The predicted octanol–water partition coefficient (Wildman–Crippen LogP) is 2.75. The molecule has 0 fully saturated rings.